The van der Waals surface area contributed by atoms with E-state index in [0.29, 0.717) is 12.1 Å². The van der Waals surface area contributed by atoms with Gasteiger partial charge in [0.1, 0.15) is 0 Å². The second kappa shape index (κ2) is 7.49. The van der Waals surface area contributed by atoms with Crippen LogP contribution in [0.3, 0.4) is 0 Å². The molecule has 106 valence electrons. The zero-order valence-electron chi connectivity index (χ0n) is 12.3. The molecule has 0 spiro atoms. The van der Waals surface area contributed by atoms with Gasteiger partial charge in [0.15, 0.2) is 0 Å². The van der Waals surface area contributed by atoms with Gasteiger partial charge in [0.25, 0.3) is 0 Å². The molecule has 2 fully saturated rings. The van der Waals surface area contributed by atoms with Crippen molar-refractivity contribution in [3.8, 4) is 0 Å². The number of hydrogen-bond acceptors (Lipinski definition) is 2. The highest BCUT2D eigenvalue weighted by atomic mass is 16.5. The number of rotatable bonds is 6. The van der Waals surface area contributed by atoms with E-state index in [1.165, 1.54) is 51.4 Å². The van der Waals surface area contributed by atoms with E-state index in [2.05, 4.69) is 19.2 Å². The molecule has 1 N–H and O–H groups in total. The summed E-state index contributed by atoms with van der Waals surface area (Å²) in [5.74, 6) is 1.79. The van der Waals surface area contributed by atoms with Crippen LogP contribution >= 0.6 is 0 Å². The lowest BCUT2D eigenvalue weighted by Crippen LogP contribution is -2.40. The van der Waals surface area contributed by atoms with Gasteiger partial charge in [-0.05, 0) is 56.9 Å². The summed E-state index contributed by atoms with van der Waals surface area (Å²) in [5.41, 5.74) is 0. The third kappa shape index (κ3) is 4.24. The molecule has 2 heteroatoms. The van der Waals surface area contributed by atoms with Crippen LogP contribution in [0.1, 0.15) is 65.2 Å². The van der Waals surface area contributed by atoms with Crippen molar-refractivity contribution in [1.29, 1.82) is 0 Å². The standard InChI is InChI=1S/C16H31NO/c1-3-17-16(14-6-4-5-7-14)12-18-15-10-8-13(2)9-11-15/h13-17H,3-12H2,1-2H3. The van der Waals surface area contributed by atoms with Crippen LogP contribution in [0.2, 0.25) is 0 Å². The third-order valence-electron chi connectivity index (χ3n) is 4.91. The molecule has 1 unspecified atom stereocenters. The molecule has 0 heterocycles. The zero-order valence-corrected chi connectivity index (χ0v) is 12.3. The van der Waals surface area contributed by atoms with Gasteiger partial charge in [-0.25, -0.2) is 0 Å². The quantitative estimate of drug-likeness (QED) is 0.778. The molecule has 0 bridgehead atoms. The summed E-state index contributed by atoms with van der Waals surface area (Å²) >= 11 is 0. The second-order valence-electron chi connectivity index (χ2n) is 6.42. The molecule has 18 heavy (non-hydrogen) atoms. The summed E-state index contributed by atoms with van der Waals surface area (Å²) in [5, 5.41) is 3.65. The van der Waals surface area contributed by atoms with Gasteiger partial charge in [-0.15, -0.1) is 0 Å². The van der Waals surface area contributed by atoms with Crippen molar-refractivity contribution >= 4 is 0 Å². The van der Waals surface area contributed by atoms with E-state index >= 15 is 0 Å². The molecule has 0 aliphatic heterocycles. The number of likely N-dealkylation sites (N-methyl/N-ethyl adjacent to an activating group) is 1. The summed E-state index contributed by atoms with van der Waals surface area (Å²) in [7, 11) is 0. The minimum Gasteiger partial charge on any atom is -0.377 e. The number of nitrogens with one attached hydrogen (secondary N) is 1. The normalized spacial score (nSPS) is 31.7. The average molecular weight is 253 g/mol. The third-order valence-corrected chi connectivity index (χ3v) is 4.91. The molecule has 1 atom stereocenters. The van der Waals surface area contributed by atoms with Crippen molar-refractivity contribution in [3.63, 3.8) is 0 Å². The van der Waals surface area contributed by atoms with Gasteiger partial charge in [-0.1, -0.05) is 26.7 Å². The van der Waals surface area contributed by atoms with Crippen molar-refractivity contribution in [2.45, 2.75) is 77.4 Å². The van der Waals surface area contributed by atoms with Crippen LogP contribution < -0.4 is 5.32 Å². The molecule has 2 aliphatic rings. The Hall–Kier alpha value is -0.0800. The first-order chi connectivity index (χ1) is 8.79. The summed E-state index contributed by atoms with van der Waals surface area (Å²) < 4.78 is 6.20. The molecule has 2 saturated carbocycles. The van der Waals surface area contributed by atoms with Gasteiger partial charge in [-0.3, -0.25) is 0 Å². The summed E-state index contributed by atoms with van der Waals surface area (Å²) in [4.78, 5) is 0. The van der Waals surface area contributed by atoms with Gasteiger partial charge >= 0.3 is 0 Å². The van der Waals surface area contributed by atoms with Gasteiger partial charge in [0.05, 0.1) is 12.7 Å². The predicted molar refractivity (Wildman–Crippen MR) is 76.8 cm³/mol. The summed E-state index contributed by atoms with van der Waals surface area (Å²) in [6.07, 6.45) is 11.5. The minimum absolute atomic E-state index is 0.545. The zero-order chi connectivity index (χ0) is 12.8. The van der Waals surface area contributed by atoms with Crippen LogP contribution in [-0.4, -0.2) is 25.3 Å². The molecule has 2 nitrogen and oxygen atoms in total. The molecular weight excluding hydrogens is 222 g/mol. The first kappa shape index (κ1) is 14.3. The topological polar surface area (TPSA) is 21.3 Å². The Kier molecular flexibility index (Phi) is 5.97. The van der Waals surface area contributed by atoms with Crippen molar-refractivity contribution in [3.05, 3.63) is 0 Å². The second-order valence-corrected chi connectivity index (χ2v) is 6.42. The van der Waals surface area contributed by atoms with E-state index < -0.39 is 0 Å². The fourth-order valence-corrected chi connectivity index (χ4v) is 3.62. The highest BCUT2D eigenvalue weighted by Gasteiger charge is 2.26. The summed E-state index contributed by atoms with van der Waals surface area (Å²) in [6.45, 7) is 6.60. The Balaban J connectivity index is 1.71. The van der Waals surface area contributed by atoms with Gasteiger partial charge < -0.3 is 10.1 Å². The molecular formula is C16H31NO. The highest BCUT2D eigenvalue weighted by molar-refractivity contribution is 4.81. The SMILES string of the molecule is CCNC(COC1CCC(C)CC1)C1CCCC1. The van der Waals surface area contributed by atoms with Crippen molar-refractivity contribution in [2.75, 3.05) is 13.2 Å². The molecule has 0 aromatic rings. The smallest absolute Gasteiger partial charge is 0.0626 e. The molecule has 2 rings (SSSR count). The number of ether oxygens (including phenoxy) is 1. The van der Waals surface area contributed by atoms with Crippen LogP contribution in [0.15, 0.2) is 0 Å². The first-order valence-corrected chi connectivity index (χ1v) is 8.14. The fraction of sp³-hybridized carbons (Fsp3) is 1.00. The largest absolute Gasteiger partial charge is 0.377 e. The monoisotopic (exact) mass is 253 g/mol. The maximum Gasteiger partial charge on any atom is 0.0626 e. The molecule has 0 aromatic heterocycles. The fourth-order valence-electron chi connectivity index (χ4n) is 3.62. The van der Waals surface area contributed by atoms with Crippen LogP contribution in [0, 0.1) is 11.8 Å². The minimum atomic E-state index is 0.545. The summed E-state index contributed by atoms with van der Waals surface area (Å²) in [6, 6.07) is 0.608. The van der Waals surface area contributed by atoms with Crippen LogP contribution in [0.25, 0.3) is 0 Å². The Morgan fingerprint density at radius 3 is 2.33 bits per heavy atom. The van der Waals surface area contributed by atoms with Crippen molar-refractivity contribution in [2.24, 2.45) is 11.8 Å². The van der Waals surface area contributed by atoms with E-state index in [1.807, 2.05) is 0 Å². The van der Waals surface area contributed by atoms with Gasteiger partial charge in [0.2, 0.25) is 0 Å². The van der Waals surface area contributed by atoms with Crippen molar-refractivity contribution in [1.82, 2.24) is 5.32 Å². The number of hydrogen-bond donors (Lipinski definition) is 1. The molecule has 0 saturated heterocycles. The van der Waals surface area contributed by atoms with E-state index in [1.54, 1.807) is 0 Å². The highest BCUT2D eigenvalue weighted by Crippen LogP contribution is 2.29. The lowest BCUT2D eigenvalue weighted by atomic mass is 9.89. The van der Waals surface area contributed by atoms with Crippen LogP contribution in [0.4, 0.5) is 0 Å². The van der Waals surface area contributed by atoms with E-state index in [-0.39, 0.29) is 0 Å². The Morgan fingerprint density at radius 1 is 1.06 bits per heavy atom. The Morgan fingerprint density at radius 2 is 1.72 bits per heavy atom. The maximum absolute atomic E-state index is 6.20. The average Bonchev–Trinajstić information content (AvgIpc) is 2.90. The predicted octanol–water partition coefficient (Wildman–Crippen LogP) is 3.75. The van der Waals surface area contributed by atoms with Gasteiger partial charge in [-0.2, -0.15) is 0 Å². The Labute approximate surface area is 113 Å². The van der Waals surface area contributed by atoms with Crippen LogP contribution in [0.5, 0.6) is 0 Å². The van der Waals surface area contributed by atoms with E-state index in [9.17, 15) is 0 Å². The molecule has 2 aliphatic carbocycles. The lowest BCUT2D eigenvalue weighted by Gasteiger charge is -2.30. The van der Waals surface area contributed by atoms with Crippen LogP contribution in [-0.2, 0) is 4.74 Å². The molecule has 0 aromatic carbocycles. The van der Waals surface area contributed by atoms with Crippen molar-refractivity contribution < 1.29 is 4.74 Å². The maximum atomic E-state index is 6.20. The molecule has 0 radical (unpaired) electrons. The first-order valence-electron chi connectivity index (χ1n) is 8.14. The lowest BCUT2D eigenvalue weighted by molar-refractivity contribution is 0.000559. The van der Waals surface area contributed by atoms with E-state index in [0.717, 1.165) is 25.0 Å². The van der Waals surface area contributed by atoms with E-state index in [4.69, 9.17) is 4.74 Å². The van der Waals surface area contributed by atoms with Gasteiger partial charge in [0, 0.05) is 6.04 Å². The molecule has 0 amide bonds. The Bertz CT molecular complexity index is 217.